The molecule has 1 aliphatic rings. The fourth-order valence-electron chi connectivity index (χ4n) is 2.46. The summed E-state index contributed by atoms with van der Waals surface area (Å²) in [5.41, 5.74) is 1.66. The number of benzene rings is 1. The Morgan fingerprint density at radius 2 is 1.89 bits per heavy atom. The van der Waals surface area contributed by atoms with Gasteiger partial charge in [-0.2, -0.15) is 0 Å². The zero-order chi connectivity index (χ0) is 13.2. The minimum absolute atomic E-state index is 0.388. The zero-order valence-corrected chi connectivity index (χ0v) is 14.0. The molecule has 0 atom stereocenters. The second kappa shape index (κ2) is 5.93. The van der Waals surface area contributed by atoms with Gasteiger partial charge in [0.25, 0.3) is 0 Å². The first-order chi connectivity index (χ1) is 8.60. The van der Waals surface area contributed by atoms with Crippen LogP contribution < -0.4 is 10.1 Å². The van der Waals surface area contributed by atoms with Crippen LogP contribution in [-0.4, -0.2) is 12.6 Å². The van der Waals surface area contributed by atoms with E-state index in [1.54, 1.807) is 7.11 Å². The van der Waals surface area contributed by atoms with E-state index in [1.807, 2.05) is 0 Å². The van der Waals surface area contributed by atoms with Crippen LogP contribution in [0.5, 0.6) is 5.75 Å². The predicted molar refractivity (Wildman–Crippen MR) is 82.1 cm³/mol. The first-order valence-corrected chi connectivity index (χ1v) is 7.96. The summed E-state index contributed by atoms with van der Waals surface area (Å²) in [6.07, 6.45) is 5.19. The molecule has 0 radical (unpaired) electrons. The van der Waals surface area contributed by atoms with Crippen LogP contribution in [0.1, 0.15) is 38.2 Å². The molecule has 0 amide bonds. The lowest BCUT2D eigenvalue weighted by atomic mass is 9.75. The van der Waals surface area contributed by atoms with E-state index in [-0.39, 0.29) is 0 Å². The maximum atomic E-state index is 5.32. The standard InChI is InChI=1S/C14H19Br2NO/c1-3-14(5-4-6-14)17-9-10-7-11(15)13(18-2)12(16)8-10/h7-8,17H,3-6,9H2,1-2H3. The quantitative estimate of drug-likeness (QED) is 0.807. The van der Waals surface area contributed by atoms with Crippen LogP contribution >= 0.6 is 31.9 Å². The molecule has 1 fully saturated rings. The zero-order valence-electron chi connectivity index (χ0n) is 10.9. The molecule has 0 saturated heterocycles. The molecule has 0 unspecified atom stereocenters. The third-order valence-corrected chi connectivity index (χ3v) is 5.10. The van der Waals surface area contributed by atoms with Gasteiger partial charge in [-0.25, -0.2) is 0 Å². The molecule has 0 aliphatic heterocycles. The fraction of sp³-hybridized carbons (Fsp3) is 0.571. The molecule has 1 aromatic rings. The van der Waals surface area contributed by atoms with Gasteiger partial charge in [0.1, 0.15) is 5.75 Å². The summed E-state index contributed by atoms with van der Waals surface area (Å²) in [6.45, 7) is 3.18. The average molecular weight is 377 g/mol. The second-order valence-corrected chi connectivity index (χ2v) is 6.64. The molecule has 1 N–H and O–H groups in total. The lowest BCUT2D eigenvalue weighted by molar-refractivity contribution is 0.175. The number of halogens is 2. The highest BCUT2D eigenvalue weighted by Gasteiger charge is 2.34. The highest BCUT2D eigenvalue weighted by Crippen LogP contribution is 2.37. The Morgan fingerprint density at radius 1 is 1.28 bits per heavy atom. The van der Waals surface area contributed by atoms with Crippen LogP contribution in [0.15, 0.2) is 21.1 Å². The molecule has 2 rings (SSSR count). The van der Waals surface area contributed by atoms with Crippen molar-refractivity contribution in [1.29, 1.82) is 0 Å². The van der Waals surface area contributed by atoms with Crippen molar-refractivity contribution in [2.24, 2.45) is 0 Å². The van der Waals surface area contributed by atoms with Gasteiger partial charge in [0.15, 0.2) is 0 Å². The monoisotopic (exact) mass is 375 g/mol. The molecule has 100 valence electrons. The van der Waals surface area contributed by atoms with Gasteiger partial charge in [0.2, 0.25) is 0 Å². The normalized spacial score (nSPS) is 17.3. The number of hydrogen-bond donors (Lipinski definition) is 1. The summed E-state index contributed by atoms with van der Waals surface area (Å²) >= 11 is 7.09. The van der Waals surface area contributed by atoms with E-state index in [1.165, 1.54) is 31.2 Å². The third kappa shape index (κ3) is 2.91. The van der Waals surface area contributed by atoms with Gasteiger partial charge in [0, 0.05) is 12.1 Å². The Morgan fingerprint density at radius 3 is 2.28 bits per heavy atom. The summed E-state index contributed by atoms with van der Waals surface area (Å²) in [7, 11) is 1.68. The smallest absolute Gasteiger partial charge is 0.147 e. The number of nitrogens with one attached hydrogen (secondary N) is 1. The summed E-state index contributed by atoms with van der Waals surface area (Å²) in [5, 5.41) is 3.71. The molecule has 1 saturated carbocycles. The minimum Gasteiger partial charge on any atom is -0.494 e. The van der Waals surface area contributed by atoms with Crippen molar-refractivity contribution in [2.75, 3.05) is 7.11 Å². The highest BCUT2D eigenvalue weighted by atomic mass is 79.9. The largest absolute Gasteiger partial charge is 0.494 e. The van der Waals surface area contributed by atoms with E-state index in [0.29, 0.717) is 5.54 Å². The molecular weight excluding hydrogens is 358 g/mol. The van der Waals surface area contributed by atoms with Crippen LogP contribution in [0.3, 0.4) is 0 Å². The maximum Gasteiger partial charge on any atom is 0.147 e. The first kappa shape index (κ1) is 14.4. The molecule has 2 nitrogen and oxygen atoms in total. The van der Waals surface area contributed by atoms with Crippen molar-refractivity contribution in [2.45, 2.75) is 44.7 Å². The van der Waals surface area contributed by atoms with Crippen LogP contribution in [0.2, 0.25) is 0 Å². The van der Waals surface area contributed by atoms with Gasteiger partial charge < -0.3 is 10.1 Å². The van der Waals surface area contributed by atoms with Gasteiger partial charge in [0.05, 0.1) is 16.1 Å². The molecule has 1 aliphatic carbocycles. The number of methoxy groups -OCH3 is 1. The summed E-state index contributed by atoms with van der Waals surface area (Å²) in [4.78, 5) is 0. The molecule has 4 heteroatoms. The molecule has 18 heavy (non-hydrogen) atoms. The molecular formula is C14H19Br2NO. The summed E-state index contributed by atoms with van der Waals surface area (Å²) in [6, 6.07) is 4.25. The predicted octanol–water partition coefficient (Wildman–Crippen LogP) is 4.64. The van der Waals surface area contributed by atoms with Crippen molar-refractivity contribution in [1.82, 2.24) is 5.32 Å². The van der Waals surface area contributed by atoms with Crippen molar-refractivity contribution in [3.63, 3.8) is 0 Å². The molecule has 0 bridgehead atoms. The summed E-state index contributed by atoms with van der Waals surface area (Å²) in [5.74, 6) is 0.854. The van der Waals surface area contributed by atoms with Gasteiger partial charge in [-0.15, -0.1) is 0 Å². The average Bonchev–Trinajstić information content (AvgIpc) is 2.28. The third-order valence-electron chi connectivity index (χ3n) is 3.92. The van der Waals surface area contributed by atoms with E-state index in [9.17, 15) is 0 Å². The lowest BCUT2D eigenvalue weighted by Crippen LogP contribution is -2.49. The van der Waals surface area contributed by atoms with Gasteiger partial charge in [-0.1, -0.05) is 6.92 Å². The van der Waals surface area contributed by atoms with E-state index in [2.05, 4.69) is 56.2 Å². The number of rotatable bonds is 5. The van der Waals surface area contributed by atoms with Crippen molar-refractivity contribution in [3.8, 4) is 5.75 Å². The van der Waals surface area contributed by atoms with Crippen molar-refractivity contribution >= 4 is 31.9 Å². The molecule has 0 spiro atoms. The Balaban J connectivity index is 2.06. The van der Waals surface area contributed by atoms with Gasteiger partial charge >= 0.3 is 0 Å². The summed E-state index contributed by atoms with van der Waals surface area (Å²) < 4.78 is 7.31. The van der Waals surface area contributed by atoms with Crippen LogP contribution in [-0.2, 0) is 6.54 Å². The fourth-order valence-corrected chi connectivity index (χ4v) is 4.06. The van der Waals surface area contributed by atoms with Gasteiger partial charge in [-0.3, -0.25) is 0 Å². The van der Waals surface area contributed by atoms with E-state index >= 15 is 0 Å². The number of ether oxygens (including phenoxy) is 1. The Hall–Kier alpha value is -0.0600. The van der Waals surface area contributed by atoms with E-state index in [4.69, 9.17) is 4.74 Å². The van der Waals surface area contributed by atoms with Crippen molar-refractivity contribution in [3.05, 3.63) is 26.6 Å². The van der Waals surface area contributed by atoms with Crippen molar-refractivity contribution < 1.29 is 4.74 Å². The Labute approximate surface area is 126 Å². The molecule has 0 heterocycles. The van der Waals surface area contributed by atoms with Crippen LogP contribution in [0.25, 0.3) is 0 Å². The minimum atomic E-state index is 0.388. The lowest BCUT2D eigenvalue weighted by Gasteiger charge is -2.42. The van der Waals surface area contributed by atoms with Crippen LogP contribution in [0, 0.1) is 0 Å². The Kier molecular flexibility index (Phi) is 4.73. The van der Waals surface area contributed by atoms with E-state index < -0.39 is 0 Å². The highest BCUT2D eigenvalue weighted by molar-refractivity contribution is 9.11. The molecule has 1 aromatic carbocycles. The topological polar surface area (TPSA) is 21.3 Å². The van der Waals surface area contributed by atoms with E-state index in [0.717, 1.165) is 21.2 Å². The van der Waals surface area contributed by atoms with Crippen LogP contribution in [0.4, 0.5) is 0 Å². The Bertz CT molecular complexity index is 401. The molecule has 0 aromatic heterocycles. The van der Waals surface area contributed by atoms with Gasteiger partial charge in [-0.05, 0) is 75.2 Å². The number of hydrogen-bond acceptors (Lipinski definition) is 2. The second-order valence-electron chi connectivity index (χ2n) is 4.93. The maximum absolute atomic E-state index is 5.32. The SMILES string of the molecule is CCC1(NCc2cc(Br)c(OC)c(Br)c2)CCC1. The first-order valence-electron chi connectivity index (χ1n) is 6.37.